The molecule has 0 aromatic heterocycles. The second-order valence-electron chi connectivity index (χ2n) is 2.50. The van der Waals surface area contributed by atoms with Crippen LogP contribution in [0, 0.1) is 11.9 Å². The molecule has 1 radical (unpaired) electrons. The summed E-state index contributed by atoms with van der Waals surface area (Å²) in [5.41, 5.74) is 0. The zero-order chi connectivity index (χ0) is 10.1. The topological polar surface area (TPSA) is 43.4 Å². The molecule has 5 heteroatoms. The Morgan fingerprint density at radius 1 is 1.46 bits per heavy atom. The Hall–Kier alpha value is -1.10. The minimum atomic E-state index is -3.40. The lowest BCUT2D eigenvalue weighted by Crippen LogP contribution is -1.98. The fraction of sp³-hybridized carbons (Fsp3) is 0.250. The molecule has 0 amide bonds. The average Bonchev–Trinajstić information content (AvgIpc) is 2.01. The maximum atomic E-state index is 12.7. The predicted molar refractivity (Wildman–Crippen MR) is 44.9 cm³/mol. The lowest BCUT2D eigenvalue weighted by molar-refractivity contribution is 0.408. The number of sulfone groups is 1. The molecule has 1 aromatic carbocycles. The Bertz CT molecular complexity index is 411. The van der Waals surface area contributed by atoms with Crippen molar-refractivity contribution in [3.63, 3.8) is 0 Å². The molecule has 0 aliphatic rings. The summed E-state index contributed by atoms with van der Waals surface area (Å²) in [6.07, 6.45) is 1.00. The largest absolute Gasteiger partial charge is 0.496 e. The summed E-state index contributed by atoms with van der Waals surface area (Å²) >= 11 is 0. The van der Waals surface area contributed by atoms with Gasteiger partial charge in [-0.2, -0.15) is 0 Å². The lowest BCUT2D eigenvalue weighted by Gasteiger charge is -2.02. The van der Waals surface area contributed by atoms with Crippen LogP contribution in [0.25, 0.3) is 0 Å². The van der Waals surface area contributed by atoms with Gasteiger partial charge in [0.2, 0.25) is 0 Å². The molecule has 0 spiro atoms. The van der Waals surface area contributed by atoms with E-state index in [1.165, 1.54) is 13.2 Å². The quantitative estimate of drug-likeness (QED) is 0.721. The van der Waals surface area contributed by atoms with Crippen molar-refractivity contribution in [2.24, 2.45) is 0 Å². The van der Waals surface area contributed by atoms with E-state index in [0.717, 1.165) is 12.3 Å². The lowest BCUT2D eigenvalue weighted by atomic mass is 10.3. The number of rotatable bonds is 2. The third-order valence-corrected chi connectivity index (χ3v) is 2.53. The average molecular weight is 203 g/mol. The highest BCUT2D eigenvalue weighted by atomic mass is 32.2. The molecule has 0 unspecified atom stereocenters. The zero-order valence-electron chi connectivity index (χ0n) is 7.17. The molecule has 3 nitrogen and oxygen atoms in total. The maximum absolute atomic E-state index is 12.7. The summed E-state index contributed by atoms with van der Waals surface area (Å²) in [6, 6.07) is 4.34. The van der Waals surface area contributed by atoms with Crippen molar-refractivity contribution in [3.8, 4) is 5.75 Å². The predicted octanol–water partition coefficient (Wildman–Crippen LogP) is 1.04. The molecule has 0 aliphatic carbocycles. The minimum Gasteiger partial charge on any atom is -0.496 e. The molecule has 0 heterocycles. The van der Waals surface area contributed by atoms with E-state index in [1.807, 2.05) is 0 Å². The summed E-state index contributed by atoms with van der Waals surface area (Å²) in [7, 11) is -2.08. The molecule has 0 aliphatic heterocycles. The Kier molecular flexibility index (Phi) is 2.56. The Morgan fingerprint density at radius 2 is 2.08 bits per heavy atom. The van der Waals surface area contributed by atoms with Crippen molar-refractivity contribution >= 4 is 9.84 Å². The molecule has 0 bridgehead atoms. The van der Waals surface area contributed by atoms with Crippen molar-refractivity contribution < 1.29 is 17.5 Å². The van der Waals surface area contributed by atoms with E-state index in [4.69, 9.17) is 0 Å². The first-order valence-electron chi connectivity index (χ1n) is 3.40. The summed E-state index contributed by atoms with van der Waals surface area (Å²) < 4.78 is 39.5. The van der Waals surface area contributed by atoms with Crippen LogP contribution in [0.3, 0.4) is 0 Å². The van der Waals surface area contributed by atoms with Crippen molar-refractivity contribution in [2.75, 3.05) is 13.4 Å². The Morgan fingerprint density at radius 3 is 2.54 bits per heavy atom. The van der Waals surface area contributed by atoms with Gasteiger partial charge >= 0.3 is 0 Å². The highest BCUT2D eigenvalue weighted by molar-refractivity contribution is 7.90. The van der Waals surface area contributed by atoms with Crippen LogP contribution in [0.2, 0.25) is 0 Å². The fourth-order valence-electron chi connectivity index (χ4n) is 0.810. The van der Waals surface area contributed by atoms with Gasteiger partial charge in [-0.3, -0.25) is 0 Å². The van der Waals surface area contributed by atoms with Gasteiger partial charge in [-0.05, 0) is 12.1 Å². The molecule has 71 valence electrons. The van der Waals surface area contributed by atoms with Crippen LogP contribution in [0.4, 0.5) is 4.39 Å². The highest BCUT2D eigenvalue weighted by Gasteiger charge is 2.10. The number of halogens is 1. The molecule has 0 saturated carbocycles. The molecule has 0 fully saturated rings. The van der Waals surface area contributed by atoms with Gasteiger partial charge in [0.15, 0.2) is 9.84 Å². The van der Waals surface area contributed by atoms with Crippen molar-refractivity contribution in [1.29, 1.82) is 0 Å². The van der Waals surface area contributed by atoms with Gasteiger partial charge in [-0.15, -0.1) is 0 Å². The van der Waals surface area contributed by atoms with Gasteiger partial charge in [0, 0.05) is 6.26 Å². The maximum Gasteiger partial charge on any atom is 0.175 e. The summed E-state index contributed by atoms with van der Waals surface area (Å²) in [4.78, 5) is -0.111. The number of hydrogen-bond donors (Lipinski definition) is 0. The van der Waals surface area contributed by atoms with Crippen LogP contribution in [0.1, 0.15) is 0 Å². The Balaban J connectivity index is 3.33. The van der Waals surface area contributed by atoms with E-state index in [9.17, 15) is 12.8 Å². The first kappa shape index (κ1) is 9.98. The first-order valence-corrected chi connectivity index (χ1v) is 5.29. The highest BCUT2D eigenvalue weighted by Crippen LogP contribution is 2.18. The van der Waals surface area contributed by atoms with Crippen molar-refractivity contribution in [2.45, 2.75) is 4.90 Å². The monoisotopic (exact) mass is 203 g/mol. The molecule has 13 heavy (non-hydrogen) atoms. The van der Waals surface area contributed by atoms with Crippen LogP contribution in [0.5, 0.6) is 5.75 Å². The molecule has 0 atom stereocenters. The van der Waals surface area contributed by atoms with Gasteiger partial charge in [0.05, 0.1) is 18.1 Å². The van der Waals surface area contributed by atoms with Crippen molar-refractivity contribution in [3.05, 3.63) is 24.0 Å². The second-order valence-corrected chi connectivity index (χ2v) is 4.52. The van der Waals surface area contributed by atoms with E-state index in [2.05, 4.69) is 10.8 Å². The molecular weight excluding hydrogens is 195 g/mol. The number of ether oxygens (including phenoxy) is 1. The normalized spacial score (nSPS) is 11.3. The van der Waals surface area contributed by atoms with E-state index in [-0.39, 0.29) is 10.6 Å². The minimum absolute atomic E-state index is 0.0698. The van der Waals surface area contributed by atoms with Gasteiger partial charge in [-0.1, -0.05) is 0 Å². The van der Waals surface area contributed by atoms with Gasteiger partial charge in [-0.25, -0.2) is 12.8 Å². The zero-order valence-corrected chi connectivity index (χ0v) is 7.98. The first-order chi connectivity index (χ1) is 5.93. The van der Waals surface area contributed by atoms with Gasteiger partial charge < -0.3 is 4.74 Å². The summed E-state index contributed by atoms with van der Waals surface area (Å²) in [6.45, 7) is 0. The summed E-state index contributed by atoms with van der Waals surface area (Å²) in [5.74, 6) is -0.680. The third-order valence-electron chi connectivity index (χ3n) is 1.43. The van der Waals surface area contributed by atoms with Crippen LogP contribution in [0.15, 0.2) is 17.0 Å². The molecule has 0 saturated heterocycles. The second kappa shape index (κ2) is 3.33. The SMILES string of the molecule is COc1[c]c(F)cc(S(C)(=O)=O)c1. The molecule has 1 aromatic rings. The molecule has 0 N–H and O–H groups in total. The van der Waals surface area contributed by atoms with Crippen LogP contribution >= 0.6 is 0 Å². The fourth-order valence-corrected chi connectivity index (χ4v) is 1.45. The van der Waals surface area contributed by atoms with Gasteiger partial charge in [0.1, 0.15) is 11.6 Å². The number of hydrogen-bond acceptors (Lipinski definition) is 3. The van der Waals surface area contributed by atoms with Crippen LogP contribution < -0.4 is 4.74 Å². The van der Waals surface area contributed by atoms with E-state index in [1.54, 1.807) is 0 Å². The standard InChI is InChI=1S/C8H8FO3S/c1-12-7-3-6(9)4-8(5-7)13(2,10)11/h4-5H,1-2H3. The van der Waals surface area contributed by atoms with Crippen molar-refractivity contribution in [1.82, 2.24) is 0 Å². The van der Waals surface area contributed by atoms with Crippen LogP contribution in [-0.2, 0) is 9.84 Å². The Labute approximate surface area is 76.1 Å². The van der Waals surface area contributed by atoms with E-state index >= 15 is 0 Å². The van der Waals surface area contributed by atoms with E-state index < -0.39 is 15.7 Å². The molecule has 1 rings (SSSR count). The number of methoxy groups -OCH3 is 1. The molecular formula is C8H8FO3S. The van der Waals surface area contributed by atoms with Crippen LogP contribution in [-0.4, -0.2) is 21.8 Å². The summed E-state index contributed by atoms with van der Waals surface area (Å²) in [5, 5.41) is 0. The number of benzene rings is 1. The smallest absolute Gasteiger partial charge is 0.175 e. The van der Waals surface area contributed by atoms with Gasteiger partial charge in [0.25, 0.3) is 0 Å². The third kappa shape index (κ3) is 2.42. The van der Waals surface area contributed by atoms with E-state index in [0.29, 0.717) is 0 Å².